The van der Waals surface area contributed by atoms with Crippen LogP contribution in [0, 0.1) is 5.41 Å². The number of halogens is 3. The van der Waals surface area contributed by atoms with Crippen LogP contribution in [0.5, 0.6) is 0 Å². The monoisotopic (exact) mass is 286 g/mol. The van der Waals surface area contributed by atoms with Crippen molar-refractivity contribution in [2.45, 2.75) is 32.4 Å². The molecule has 1 saturated carbocycles. The molecule has 110 valence electrons. The van der Waals surface area contributed by atoms with Crippen LogP contribution in [0.2, 0.25) is 0 Å². The smallest absolute Gasteiger partial charge is 0.398 e. The average molecular weight is 286 g/mol. The highest BCUT2D eigenvalue weighted by molar-refractivity contribution is 5.95. The number of amides is 1. The molecule has 1 aromatic carbocycles. The molecule has 0 aromatic heterocycles. The Morgan fingerprint density at radius 2 is 2.05 bits per heavy atom. The van der Waals surface area contributed by atoms with Gasteiger partial charge in [-0.2, -0.15) is 13.2 Å². The first-order valence-corrected chi connectivity index (χ1v) is 6.52. The summed E-state index contributed by atoms with van der Waals surface area (Å²) in [4.78, 5) is 11.9. The van der Waals surface area contributed by atoms with E-state index < -0.39 is 17.6 Å². The number of hydrogen-bond acceptors (Lipinski definition) is 2. The van der Waals surface area contributed by atoms with E-state index in [1.165, 1.54) is 6.07 Å². The standard InChI is InChI=1S/C14H17F3N2O/c1-2-13(5-6-13)8-19-12(20)9-3-4-11(18)10(7-9)14(15,16)17/h3-4,7H,2,5-6,8,18H2,1H3,(H,19,20). The van der Waals surface area contributed by atoms with Crippen LogP contribution in [0.3, 0.4) is 0 Å². The number of hydrogen-bond donors (Lipinski definition) is 2. The van der Waals surface area contributed by atoms with Gasteiger partial charge >= 0.3 is 6.18 Å². The van der Waals surface area contributed by atoms with Crippen molar-refractivity contribution in [3.63, 3.8) is 0 Å². The lowest BCUT2D eigenvalue weighted by Crippen LogP contribution is -2.30. The number of carbonyl (C=O) groups is 1. The van der Waals surface area contributed by atoms with Crippen molar-refractivity contribution in [1.29, 1.82) is 0 Å². The van der Waals surface area contributed by atoms with E-state index in [9.17, 15) is 18.0 Å². The van der Waals surface area contributed by atoms with Crippen LogP contribution < -0.4 is 11.1 Å². The van der Waals surface area contributed by atoms with Gasteiger partial charge in [-0.3, -0.25) is 4.79 Å². The number of alkyl halides is 3. The van der Waals surface area contributed by atoms with Crippen LogP contribution in [-0.2, 0) is 6.18 Å². The first-order chi connectivity index (χ1) is 9.27. The Labute approximate surface area is 115 Å². The van der Waals surface area contributed by atoms with Crippen molar-refractivity contribution < 1.29 is 18.0 Å². The lowest BCUT2D eigenvalue weighted by Gasteiger charge is -2.15. The molecule has 1 aliphatic rings. The third-order valence-corrected chi connectivity index (χ3v) is 3.95. The van der Waals surface area contributed by atoms with E-state index in [0.29, 0.717) is 6.54 Å². The van der Waals surface area contributed by atoms with Gasteiger partial charge in [0.1, 0.15) is 0 Å². The van der Waals surface area contributed by atoms with Crippen molar-refractivity contribution in [2.75, 3.05) is 12.3 Å². The molecule has 0 heterocycles. The summed E-state index contributed by atoms with van der Waals surface area (Å²) < 4.78 is 38.2. The number of nitrogens with one attached hydrogen (secondary N) is 1. The molecule has 0 bridgehead atoms. The van der Waals surface area contributed by atoms with Crippen LogP contribution in [0.25, 0.3) is 0 Å². The maximum atomic E-state index is 12.7. The molecule has 1 amide bonds. The molecule has 1 aromatic rings. The number of carbonyl (C=O) groups excluding carboxylic acids is 1. The fourth-order valence-electron chi connectivity index (χ4n) is 2.14. The number of nitrogen functional groups attached to an aromatic ring is 1. The van der Waals surface area contributed by atoms with Gasteiger partial charge in [0.25, 0.3) is 5.91 Å². The van der Waals surface area contributed by atoms with Gasteiger partial charge in [0.15, 0.2) is 0 Å². The Morgan fingerprint density at radius 1 is 1.40 bits per heavy atom. The van der Waals surface area contributed by atoms with E-state index >= 15 is 0 Å². The molecule has 6 heteroatoms. The van der Waals surface area contributed by atoms with Gasteiger partial charge in [0.05, 0.1) is 5.56 Å². The summed E-state index contributed by atoms with van der Waals surface area (Å²) in [5.41, 5.74) is 4.09. The molecule has 1 aliphatic carbocycles. The zero-order valence-corrected chi connectivity index (χ0v) is 11.2. The molecule has 0 aliphatic heterocycles. The predicted molar refractivity (Wildman–Crippen MR) is 70.1 cm³/mol. The molecule has 20 heavy (non-hydrogen) atoms. The van der Waals surface area contributed by atoms with Crippen LogP contribution in [0.4, 0.5) is 18.9 Å². The largest absolute Gasteiger partial charge is 0.418 e. The minimum Gasteiger partial charge on any atom is -0.398 e. The Balaban J connectivity index is 2.10. The summed E-state index contributed by atoms with van der Waals surface area (Å²) in [5.74, 6) is -0.491. The average Bonchev–Trinajstić information content (AvgIpc) is 3.16. The van der Waals surface area contributed by atoms with E-state index in [1.54, 1.807) is 0 Å². The van der Waals surface area contributed by atoms with E-state index in [2.05, 4.69) is 5.32 Å². The topological polar surface area (TPSA) is 55.1 Å². The molecule has 0 spiro atoms. The van der Waals surface area contributed by atoms with Gasteiger partial charge in [0, 0.05) is 17.8 Å². The fourth-order valence-corrected chi connectivity index (χ4v) is 2.14. The van der Waals surface area contributed by atoms with Gasteiger partial charge in [-0.15, -0.1) is 0 Å². The van der Waals surface area contributed by atoms with E-state index in [4.69, 9.17) is 5.73 Å². The van der Waals surface area contributed by atoms with Crippen LogP contribution in [0.15, 0.2) is 18.2 Å². The van der Waals surface area contributed by atoms with E-state index in [0.717, 1.165) is 31.4 Å². The van der Waals surface area contributed by atoms with Gasteiger partial charge in [0.2, 0.25) is 0 Å². The summed E-state index contributed by atoms with van der Waals surface area (Å²) in [6, 6.07) is 3.23. The first-order valence-electron chi connectivity index (χ1n) is 6.52. The van der Waals surface area contributed by atoms with E-state index in [-0.39, 0.29) is 16.7 Å². The first kappa shape index (κ1) is 14.7. The Bertz CT molecular complexity index is 522. The molecule has 1 fully saturated rings. The summed E-state index contributed by atoms with van der Waals surface area (Å²) in [7, 11) is 0. The number of rotatable bonds is 4. The lowest BCUT2D eigenvalue weighted by atomic mass is 10.0. The third kappa shape index (κ3) is 3.05. The Morgan fingerprint density at radius 3 is 2.55 bits per heavy atom. The summed E-state index contributed by atoms with van der Waals surface area (Å²) in [6.07, 6.45) is -1.48. The Kier molecular flexibility index (Phi) is 3.67. The molecule has 3 N–H and O–H groups in total. The fraction of sp³-hybridized carbons (Fsp3) is 0.500. The molecular weight excluding hydrogens is 269 g/mol. The second-order valence-electron chi connectivity index (χ2n) is 5.34. The van der Waals surface area contributed by atoms with Crippen LogP contribution >= 0.6 is 0 Å². The van der Waals surface area contributed by atoms with Crippen LogP contribution in [0.1, 0.15) is 42.1 Å². The zero-order valence-electron chi connectivity index (χ0n) is 11.2. The highest BCUT2D eigenvalue weighted by Crippen LogP contribution is 2.47. The normalized spacial score (nSPS) is 16.8. The minimum atomic E-state index is -4.55. The SMILES string of the molecule is CCC1(CNC(=O)c2ccc(N)c(C(F)(F)F)c2)CC1. The van der Waals surface area contributed by atoms with Gasteiger partial charge in [-0.05, 0) is 42.9 Å². The lowest BCUT2D eigenvalue weighted by molar-refractivity contribution is -0.136. The summed E-state index contributed by atoms with van der Waals surface area (Å²) in [6.45, 7) is 2.55. The maximum absolute atomic E-state index is 12.7. The second-order valence-corrected chi connectivity index (χ2v) is 5.34. The molecule has 0 radical (unpaired) electrons. The van der Waals surface area contributed by atoms with Gasteiger partial charge < -0.3 is 11.1 Å². The quantitative estimate of drug-likeness (QED) is 0.835. The van der Waals surface area contributed by atoms with Crippen molar-refractivity contribution >= 4 is 11.6 Å². The highest BCUT2D eigenvalue weighted by atomic mass is 19.4. The van der Waals surface area contributed by atoms with Crippen molar-refractivity contribution in [3.05, 3.63) is 29.3 Å². The van der Waals surface area contributed by atoms with Gasteiger partial charge in [-0.1, -0.05) is 6.92 Å². The van der Waals surface area contributed by atoms with Gasteiger partial charge in [-0.25, -0.2) is 0 Å². The number of nitrogens with two attached hydrogens (primary N) is 1. The third-order valence-electron chi connectivity index (χ3n) is 3.95. The molecule has 2 rings (SSSR count). The predicted octanol–water partition coefficient (Wildman–Crippen LogP) is 3.21. The maximum Gasteiger partial charge on any atom is 0.418 e. The minimum absolute atomic E-state index is 0.0153. The zero-order chi connectivity index (χ0) is 15.0. The second kappa shape index (κ2) is 5.00. The molecular formula is C14H17F3N2O. The summed E-state index contributed by atoms with van der Waals surface area (Å²) >= 11 is 0. The molecule has 3 nitrogen and oxygen atoms in total. The van der Waals surface area contributed by atoms with Crippen molar-refractivity contribution in [3.8, 4) is 0 Å². The van der Waals surface area contributed by atoms with Crippen molar-refractivity contribution in [2.24, 2.45) is 5.41 Å². The van der Waals surface area contributed by atoms with Crippen molar-refractivity contribution in [1.82, 2.24) is 5.32 Å². The Hall–Kier alpha value is -1.72. The molecule has 0 unspecified atom stereocenters. The van der Waals surface area contributed by atoms with E-state index in [1.807, 2.05) is 6.92 Å². The number of benzene rings is 1. The molecule has 0 saturated heterocycles. The molecule has 0 atom stereocenters. The van der Waals surface area contributed by atoms with Crippen LogP contribution in [-0.4, -0.2) is 12.5 Å². The highest BCUT2D eigenvalue weighted by Gasteiger charge is 2.40. The number of anilines is 1. The summed E-state index contributed by atoms with van der Waals surface area (Å²) in [5, 5.41) is 2.70.